The van der Waals surface area contributed by atoms with Crippen LogP contribution in [0.1, 0.15) is 26.7 Å². The molecule has 1 fully saturated rings. The summed E-state index contributed by atoms with van der Waals surface area (Å²) in [6, 6.07) is 0. The van der Waals surface area contributed by atoms with Gasteiger partial charge in [0.15, 0.2) is 0 Å². The SMILES string of the molecule is CCC1(C(C)C(F)(F)F)CC1CF. The van der Waals surface area contributed by atoms with Crippen molar-refractivity contribution < 1.29 is 17.6 Å². The van der Waals surface area contributed by atoms with Gasteiger partial charge in [0, 0.05) is 0 Å². The van der Waals surface area contributed by atoms with Gasteiger partial charge in [0.2, 0.25) is 0 Å². The smallest absolute Gasteiger partial charge is 0.251 e. The first kappa shape index (κ1) is 10.8. The van der Waals surface area contributed by atoms with Crippen molar-refractivity contribution in [2.75, 3.05) is 6.67 Å². The number of alkyl halides is 4. The van der Waals surface area contributed by atoms with E-state index in [1.807, 2.05) is 0 Å². The molecule has 1 saturated carbocycles. The van der Waals surface area contributed by atoms with Crippen LogP contribution in [0, 0.1) is 17.3 Å². The van der Waals surface area contributed by atoms with Crippen molar-refractivity contribution in [3.63, 3.8) is 0 Å². The molecule has 78 valence electrons. The molecule has 0 N–H and O–H groups in total. The minimum Gasteiger partial charge on any atom is -0.251 e. The van der Waals surface area contributed by atoms with E-state index in [0.29, 0.717) is 12.8 Å². The van der Waals surface area contributed by atoms with E-state index in [1.54, 1.807) is 6.92 Å². The Morgan fingerprint density at radius 3 is 2.23 bits per heavy atom. The molecule has 0 amide bonds. The summed E-state index contributed by atoms with van der Waals surface area (Å²) >= 11 is 0. The number of hydrogen-bond donors (Lipinski definition) is 0. The lowest BCUT2D eigenvalue weighted by molar-refractivity contribution is -0.190. The van der Waals surface area contributed by atoms with Crippen LogP contribution in [0.3, 0.4) is 0 Å². The molecule has 0 bridgehead atoms. The highest BCUT2D eigenvalue weighted by Crippen LogP contribution is 2.63. The molecule has 0 nitrogen and oxygen atoms in total. The molecular weight excluding hydrogens is 184 g/mol. The van der Waals surface area contributed by atoms with E-state index in [2.05, 4.69) is 0 Å². The Balaban J connectivity index is 2.70. The monoisotopic (exact) mass is 198 g/mol. The molecule has 0 spiro atoms. The highest BCUT2D eigenvalue weighted by molar-refractivity contribution is 5.05. The van der Waals surface area contributed by atoms with E-state index < -0.39 is 24.2 Å². The molecule has 4 heteroatoms. The molecule has 0 aromatic carbocycles. The Bertz CT molecular complexity index is 187. The highest BCUT2D eigenvalue weighted by Gasteiger charge is 2.62. The van der Waals surface area contributed by atoms with E-state index in [0.717, 1.165) is 0 Å². The van der Waals surface area contributed by atoms with Gasteiger partial charge in [-0.3, -0.25) is 4.39 Å². The first-order valence-electron chi connectivity index (χ1n) is 4.51. The van der Waals surface area contributed by atoms with E-state index in [-0.39, 0.29) is 5.92 Å². The highest BCUT2D eigenvalue weighted by atomic mass is 19.4. The van der Waals surface area contributed by atoms with Crippen LogP contribution in [0.25, 0.3) is 0 Å². The van der Waals surface area contributed by atoms with Gasteiger partial charge in [0.25, 0.3) is 0 Å². The fourth-order valence-electron chi connectivity index (χ4n) is 2.20. The standard InChI is InChI=1S/C9H14F4/c1-3-8(4-7(8)5-10)6(2)9(11,12)13/h6-7H,3-5H2,1-2H3. The van der Waals surface area contributed by atoms with Crippen LogP contribution in [0.4, 0.5) is 17.6 Å². The van der Waals surface area contributed by atoms with Crippen molar-refractivity contribution in [1.29, 1.82) is 0 Å². The third-order valence-electron chi connectivity index (χ3n) is 3.48. The molecule has 1 aliphatic rings. The van der Waals surface area contributed by atoms with Gasteiger partial charge in [-0.15, -0.1) is 0 Å². The van der Waals surface area contributed by atoms with Gasteiger partial charge in [-0.25, -0.2) is 0 Å². The maximum Gasteiger partial charge on any atom is 0.392 e. The Labute approximate surface area is 75.3 Å². The predicted octanol–water partition coefficient (Wildman–Crippen LogP) is 3.57. The summed E-state index contributed by atoms with van der Waals surface area (Å²) in [6.45, 7) is 2.26. The van der Waals surface area contributed by atoms with Crippen molar-refractivity contribution in [2.24, 2.45) is 17.3 Å². The van der Waals surface area contributed by atoms with E-state index in [9.17, 15) is 17.6 Å². The summed E-state index contributed by atoms with van der Waals surface area (Å²) < 4.78 is 49.3. The van der Waals surface area contributed by atoms with Crippen molar-refractivity contribution in [3.05, 3.63) is 0 Å². The lowest BCUT2D eigenvalue weighted by Gasteiger charge is -2.25. The number of halogens is 4. The van der Waals surface area contributed by atoms with Gasteiger partial charge >= 0.3 is 6.18 Å². The normalized spacial score (nSPS) is 36.0. The van der Waals surface area contributed by atoms with E-state index in [1.165, 1.54) is 6.92 Å². The van der Waals surface area contributed by atoms with E-state index in [4.69, 9.17) is 0 Å². The number of rotatable bonds is 3. The summed E-state index contributed by atoms with van der Waals surface area (Å²) in [5, 5.41) is 0. The largest absolute Gasteiger partial charge is 0.392 e. The second-order valence-electron chi connectivity index (χ2n) is 3.91. The first-order valence-corrected chi connectivity index (χ1v) is 4.51. The molecule has 0 aromatic rings. The van der Waals surface area contributed by atoms with Crippen LogP contribution >= 0.6 is 0 Å². The van der Waals surface area contributed by atoms with Gasteiger partial charge in [-0.2, -0.15) is 13.2 Å². The molecule has 1 aliphatic carbocycles. The second-order valence-corrected chi connectivity index (χ2v) is 3.91. The zero-order valence-corrected chi connectivity index (χ0v) is 7.79. The molecule has 3 unspecified atom stereocenters. The Hall–Kier alpha value is -0.280. The predicted molar refractivity (Wildman–Crippen MR) is 42.0 cm³/mol. The second kappa shape index (κ2) is 3.14. The Kier molecular flexibility index (Phi) is 2.61. The average Bonchev–Trinajstić information content (AvgIpc) is 2.76. The van der Waals surface area contributed by atoms with E-state index >= 15 is 0 Å². The summed E-state index contributed by atoms with van der Waals surface area (Å²) in [7, 11) is 0. The Morgan fingerprint density at radius 1 is 1.46 bits per heavy atom. The van der Waals surface area contributed by atoms with Gasteiger partial charge in [-0.1, -0.05) is 13.8 Å². The third-order valence-corrected chi connectivity index (χ3v) is 3.48. The fraction of sp³-hybridized carbons (Fsp3) is 1.00. The minimum atomic E-state index is -4.18. The lowest BCUT2D eigenvalue weighted by Crippen LogP contribution is -2.30. The average molecular weight is 198 g/mol. The Morgan fingerprint density at radius 2 is 2.00 bits per heavy atom. The molecule has 1 rings (SSSR count). The summed E-state index contributed by atoms with van der Waals surface area (Å²) in [5.41, 5.74) is -0.799. The van der Waals surface area contributed by atoms with Crippen molar-refractivity contribution in [1.82, 2.24) is 0 Å². The lowest BCUT2D eigenvalue weighted by atomic mass is 9.85. The molecular formula is C9H14F4. The summed E-state index contributed by atoms with van der Waals surface area (Å²) in [6.07, 6.45) is -3.37. The third kappa shape index (κ3) is 1.67. The fourth-order valence-corrected chi connectivity index (χ4v) is 2.20. The molecule has 0 aliphatic heterocycles. The van der Waals surface area contributed by atoms with Crippen LogP contribution < -0.4 is 0 Å². The van der Waals surface area contributed by atoms with Gasteiger partial charge < -0.3 is 0 Å². The minimum absolute atomic E-state index is 0.367. The topological polar surface area (TPSA) is 0 Å². The molecule has 3 atom stereocenters. The van der Waals surface area contributed by atoms with Gasteiger partial charge in [0.1, 0.15) is 0 Å². The molecule has 0 radical (unpaired) electrons. The van der Waals surface area contributed by atoms with Crippen molar-refractivity contribution in [3.8, 4) is 0 Å². The van der Waals surface area contributed by atoms with Crippen LogP contribution in [0.2, 0.25) is 0 Å². The van der Waals surface area contributed by atoms with Crippen LogP contribution in [-0.2, 0) is 0 Å². The maximum atomic E-state index is 12.4. The zero-order chi connectivity index (χ0) is 10.3. The van der Waals surface area contributed by atoms with Crippen molar-refractivity contribution >= 4 is 0 Å². The van der Waals surface area contributed by atoms with Gasteiger partial charge in [-0.05, 0) is 24.2 Å². The van der Waals surface area contributed by atoms with Crippen LogP contribution in [-0.4, -0.2) is 12.9 Å². The maximum absolute atomic E-state index is 12.4. The quantitative estimate of drug-likeness (QED) is 0.608. The zero-order valence-electron chi connectivity index (χ0n) is 7.79. The molecule has 13 heavy (non-hydrogen) atoms. The van der Waals surface area contributed by atoms with Crippen molar-refractivity contribution in [2.45, 2.75) is 32.9 Å². The summed E-state index contributed by atoms with van der Waals surface area (Å²) in [5.74, 6) is -1.74. The molecule has 0 aromatic heterocycles. The number of hydrogen-bond acceptors (Lipinski definition) is 0. The van der Waals surface area contributed by atoms with Crippen LogP contribution in [0.15, 0.2) is 0 Å². The van der Waals surface area contributed by atoms with Gasteiger partial charge in [0.05, 0.1) is 12.6 Å². The summed E-state index contributed by atoms with van der Waals surface area (Å²) in [4.78, 5) is 0. The molecule has 0 saturated heterocycles. The first-order chi connectivity index (χ1) is 5.88. The van der Waals surface area contributed by atoms with Crippen LogP contribution in [0.5, 0.6) is 0 Å². The molecule has 0 heterocycles.